The van der Waals surface area contributed by atoms with E-state index in [2.05, 4.69) is 0 Å². The number of thioether (sulfide) groups is 1. The highest BCUT2D eigenvalue weighted by molar-refractivity contribution is 7.99. The van der Waals surface area contributed by atoms with Gasteiger partial charge in [-0.05, 0) is 35.4 Å². The molecule has 3 rings (SSSR count). The van der Waals surface area contributed by atoms with E-state index < -0.39 is 11.8 Å². The highest BCUT2D eigenvalue weighted by Gasteiger charge is 2.22. The third-order valence-corrected chi connectivity index (χ3v) is 4.47. The minimum atomic E-state index is -1.24. The van der Waals surface area contributed by atoms with E-state index in [0.717, 1.165) is 4.90 Å². The summed E-state index contributed by atoms with van der Waals surface area (Å²) in [5.41, 5.74) is 1.73. The van der Waals surface area contributed by atoms with Gasteiger partial charge in [-0.3, -0.25) is 4.79 Å². The largest absolute Gasteiger partial charge is 0.545 e. The summed E-state index contributed by atoms with van der Waals surface area (Å²) in [6.45, 7) is 0. The van der Waals surface area contributed by atoms with Crippen LogP contribution in [0.25, 0.3) is 6.08 Å². The average molecular weight is 313 g/mol. The highest BCUT2D eigenvalue weighted by Crippen LogP contribution is 2.33. The summed E-state index contributed by atoms with van der Waals surface area (Å²) in [6, 6.07) is 10.3. The van der Waals surface area contributed by atoms with E-state index >= 15 is 0 Å². The maximum Gasteiger partial charge on any atom is 0.191 e. The molecule has 1 aliphatic rings. The molecule has 0 fully saturated rings. The molecule has 0 atom stereocenters. The van der Waals surface area contributed by atoms with Gasteiger partial charge in [-0.25, -0.2) is 4.39 Å². The normalized spacial score (nSPS) is 15.7. The number of carbonyl (C=O) groups is 2. The lowest BCUT2D eigenvalue weighted by Crippen LogP contribution is -2.21. The van der Waals surface area contributed by atoms with Gasteiger partial charge in [0.15, 0.2) is 5.78 Å². The molecule has 0 saturated carbocycles. The molecule has 0 bridgehead atoms. The van der Waals surface area contributed by atoms with Gasteiger partial charge in [-0.1, -0.05) is 24.3 Å². The highest BCUT2D eigenvalue weighted by atomic mass is 32.2. The maximum atomic E-state index is 13.3. The molecule has 22 heavy (non-hydrogen) atoms. The van der Waals surface area contributed by atoms with Crippen LogP contribution in [0.4, 0.5) is 4.39 Å². The summed E-state index contributed by atoms with van der Waals surface area (Å²) in [7, 11) is 0. The number of aromatic carboxylic acids is 1. The van der Waals surface area contributed by atoms with Crippen molar-refractivity contribution in [3.63, 3.8) is 0 Å². The van der Waals surface area contributed by atoms with Crippen LogP contribution in [0.1, 0.15) is 26.3 Å². The van der Waals surface area contributed by atoms with Crippen molar-refractivity contribution < 1.29 is 19.1 Å². The van der Waals surface area contributed by atoms with Gasteiger partial charge in [-0.2, -0.15) is 0 Å². The number of hydrogen-bond acceptors (Lipinski definition) is 4. The summed E-state index contributed by atoms with van der Waals surface area (Å²) in [4.78, 5) is 23.9. The zero-order chi connectivity index (χ0) is 15.7. The van der Waals surface area contributed by atoms with Crippen LogP contribution in [0.3, 0.4) is 0 Å². The smallest absolute Gasteiger partial charge is 0.191 e. The molecule has 1 aliphatic heterocycles. The molecule has 5 heteroatoms. The Morgan fingerprint density at radius 1 is 1.18 bits per heavy atom. The average Bonchev–Trinajstić information content (AvgIpc) is 2.51. The Kier molecular flexibility index (Phi) is 3.81. The Morgan fingerprint density at radius 2 is 1.91 bits per heavy atom. The van der Waals surface area contributed by atoms with Gasteiger partial charge in [0, 0.05) is 21.8 Å². The van der Waals surface area contributed by atoms with Gasteiger partial charge in [-0.15, -0.1) is 11.8 Å². The molecule has 0 radical (unpaired) electrons. The fourth-order valence-corrected chi connectivity index (χ4v) is 3.22. The van der Waals surface area contributed by atoms with E-state index in [4.69, 9.17) is 0 Å². The minimum absolute atomic E-state index is 0.0823. The van der Waals surface area contributed by atoms with Crippen LogP contribution in [0.2, 0.25) is 0 Å². The van der Waals surface area contributed by atoms with Crippen LogP contribution in [-0.2, 0) is 0 Å². The number of hydrogen-bond donors (Lipinski definition) is 0. The van der Waals surface area contributed by atoms with Crippen LogP contribution in [0.15, 0.2) is 52.9 Å². The number of carbonyl (C=O) groups excluding carboxylic acids is 2. The second-order valence-corrected chi connectivity index (χ2v) is 5.85. The molecule has 0 spiro atoms. The fourth-order valence-electron chi connectivity index (χ4n) is 2.22. The Bertz CT molecular complexity index is 794. The third-order valence-electron chi connectivity index (χ3n) is 3.35. The van der Waals surface area contributed by atoms with E-state index in [-0.39, 0.29) is 11.3 Å². The molecule has 2 aromatic rings. The molecule has 1 heterocycles. The summed E-state index contributed by atoms with van der Waals surface area (Å²) < 4.78 is 13.3. The standard InChI is InChI=1S/C17H11FO3S/c18-13-5-6-15-14(8-13)16(19)12(9-22-15)7-10-1-3-11(4-2-10)17(20)21/h1-8H,9H2,(H,20,21)/p-1/b12-7+. The number of Topliss-reactive ketones (excluding diaryl/α,β-unsaturated/α-hetero) is 1. The van der Waals surface area contributed by atoms with Gasteiger partial charge in [0.25, 0.3) is 0 Å². The molecule has 3 nitrogen and oxygen atoms in total. The molecule has 0 N–H and O–H groups in total. The fraction of sp³-hybridized carbons (Fsp3) is 0.0588. The zero-order valence-electron chi connectivity index (χ0n) is 11.3. The molecule has 0 unspecified atom stereocenters. The number of benzene rings is 2. The molecule has 0 aliphatic carbocycles. The van der Waals surface area contributed by atoms with Gasteiger partial charge >= 0.3 is 0 Å². The van der Waals surface area contributed by atoms with E-state index in [1.807, 2.05) is 0 Å². The first-order chi connectivity index (χ1) is 10.5. The molecule has 110 valence electrons. The van der Waals surface area contributed by atoms with E-state index in [1.165, 1.54) is 36.0 Å². The second kappa shape index (κ2) is 5.77. The first-order valence-corrected chi connectivity index (χ1v) is 7.52. The van der Waals surface area contributed by atoms with Crippen molar-refractivity contribution >= 4 is 29.6 Å². The predicted molar refractivity (Wildman–Crippen MR) is 80.2 cm³/mol. The van der Waals surface area contributed by atoms with Crippen LogP contribution in [-0.4, -0.2) is 17.5 Å². The molecule has 0 amide bonds. The number of rotatable bonds is 2. The lowest BCUT2D eigenvalue weighted by Gasteiger charge is -2.17. The lowest BCUT2D eigenvalue weighted by molar-refractivity contribution is -0.255. The zero-order valence-corrected chi connectivity index (χ0v) is 12.2. The van der Waals surface area contributed by atoms with Crippen molar-refractivity contribution in [2.75, 3.05) is 5.75 Å². The van der Waals surface area contributed by atoms with E-state index in [9.17, 15) is 19.1 Å². The molecule has 2 aromatic carbocycles. The van der Waals surface area contributed by atoms with Crippen molar-refractivity contribution in [1.29, 1.82) is 0 Å². The van der Waals surface area contributed by atoms with Crippen molar-refractivity contribution in [3.05, 3.63) is 70.5 Å². The van der Waals surface area contributed by atoms with Gasteiger partial charge < -0.3 is 9.90 Å². The lowest BCUT2D eigenvalue weighted by atomic mass is 10.0. The van der Waals surface area contributed by atoms with Crippen LogP contribution >= 0.6 is 11.8 Å². The van der Waals surface area contributed by atoms with Crippen molar-refractivity contribution in [2.45, 2.75) is 4.90 Å². The van der Waals surface area contributed by atoms with Crippen LogP contribution in [0.5, 0.6) is 0 Å². The van der Waals surface area contributed by atoms with Crippen molar-refractivity contribution in [2.24, 2.45) is 0 Å². The minimum Gasteiger partial charge on any atom is -0.545 e. The quantitative estimate of drug-likeness (QED) is 0.800. The first kappa shape index (κ1) is 14.5. The summed E-state index contributed by atoms with van der Waals surface area (Å²) >= 11 is 1.48. The van der Waals surface area contributed by atoms with Crippen molar-refractivity contribution in [1.82, 2.24) is 0 Å². The van der Waals surface area contributed by atoms with E-state index in [0.29, 0.717) is 22.5 Å². The summed E-state index contributed by atoms with van der Waals surface area (Å²) in [6.07, 6.45) is 1.70. The number of halogens is 1. The molecular formula is C17H10FO3S-. The van der Waals surface area contributed by atoms with Gasteiger partial charge in [0.1, 0.15) is 5.82 Å². The number of carboxylic acids is 1. The topological polar surface area (TPSA) is 57.2 Å². The SMILES string of the molecule is O=C([O-])c1ccc(/C=C2\CSc3ccc(F)cc3C2=O)cc1. The summed E-state index contributed by atoms with van der Waals surface area (Å²) in [5.74, 6) is -1.38. The monoisotopic (exact) mass is 313 g/mol. The predicted octanol–water partition coefficient (Wildman–Crippen LogP) is 2.56. The number of ketones is 1. The number of carboxylic acid groups (broad SMARTS) is 1. The Labute approximate surface area is 130 Å². The Hall–Kier alpha value is -2.40. The second-order valence-electron chi connectivity index (χ2n) is 4.84. The van der Waals surface area contributed by atoms with Gasteiger partial charge in [0.05, 0.1) is 5.97 Å². The summed E-state index contributed by atoms with van der Waals surface area (Å²) in [5, 5.41) is 10.7. The first-order valence-electron chi connectivity index (χ1n) is 6.53. The molecular weight excluding hydrogens is 303 g/mol. The van der Waals surface area contributed by atoms with Crippen molar-refractivity contribution in [3.8, 4) is 0 Å². The molecule has 0 saturated heterocycles. The third kappa shape index (κ3) is 2.80. The number of fused-ring (bicyclic) bond motifs is 1. The maximum absolute atomic E-state index is 13.3. The van der Waals surface area contributed by atoms with Crippen LogP contribution < -0.4 is 5.11 Å². The van der Waals surface area contributed by atoms with Gasteiger partial charge in [0.2, 0.25) is 0 Å². The molecule has 0 aromatic heterocycles. The Morgan fingerprint density at radius 3 is 2.59 bits per heavy atom. The van der Waals surface area contributed by atoms with E-state index in [1.54, 1.807) is 24.3 Å². The van der Waals surface area contributed by atoms with Crippen LogP contribution in [0, 0.1) is 5.82 Å². The Balaban J connectivity index is 1.92.